The van der Waals surface area contributed by atoms with Crippen molar-refractivity contribution in [2.24, 2.45) is 10.9 Å². The van der Waals surface area contributed by atoms with Gasteiger partial charge in [0.1, 0.15) is 11.4 Å². The molecule has 1 N–H and O–H groups in total. The van der Waals surface area contributed by atoms with Gasteiger partial charge in [-0.1, -0.05) is 27.2 Å². The quantitative estimate of drug-likeness (QED) is 0.427. The summed E-state index contributed by atoms with van der Waals surface area (Å²) in [6, 6.07) is 0. The largest absolute Gasteiger partial charge is 0.481 e. The van der Waals surface area contributed by atoms with E-state index in [1.165, 1.54) is 0 Å². The van der Waals surface area contributed by atoms with Crippen molar-refractivity contribution in [2.75, 3.05) is 13.2 Å². The average molecular weight is 435 g/mol. The van der Waals surface area contributed by atoms with Crippen LogP contribution in [0.2, 0.25) is 0 Å². The van der Waals surface area contributed by atoms with Gasteiger partial charge in [0.05, 0.1) is 12.2 Å². The van der Waals surface area contributed by atoms with Crippen LogP contribution >= 0.6 is 0 Å². The van der Waals surface area contributed by atoms with Gasteiger partial charge in [0.15, 0.2) is 11.6 Å². The van der Waals surface area contributed by atoms with Crippen molar-refractivity contribution >= 4 is 17.5 Å². The second kappa shape index (κ2) is 10.2. The monoisotopic (exact) mass is 435 g/mol. The summed E-state index contributed by atoms with van der Waals surface area (Å²) in [6.07, 6.45) is -6.15. The molecule has 0 spiro atoms. The molecule has 5 nitrogen and oxygen atoms in total. The lowest BCUT2D eigenvalue weighted by Gasteiger charge is -2.21. The van der Waals surface area contributed by atoms with E-state index in [-0.39, 0.29) is 30.3 Å². The topological polar surface area (TPSA) is 63.6 Å². The molecule has 10 heteroatoms. The molecular formula is C20H26F5N3O2. The normalized spacial score (nSPS) is 15.9. The molecule has 0 saturated carbocycles. The van der Waals surface area contributed by atoms with E-state index in [1.807, 2.05) is 6.92 Å². The number of carbonyl (C=O) groups is 1. The number of nitrogens with one attached hydrogen (secondary N) is 1. The number of ether oxygens (including phenoxy) is 1. The van der Waals surface area contributed by atoms with Gasteiger partial charge in [0, 0.05) is 13.0 Å². The lowest BCUT2D eigenvalue weighted by atomic mass is 9.93. The smallest absolute Gasteiger partial charge is 0.435 e. The van der Waals surface area contributed by atoms with Crippen molar-refractivity contribution < 1.29 is 31.5 Å². The number of alkyl halides is 5. The first-order valence-electron chi connectivity index (χ1n) is 9.96. The molecule has 0 aliphatic carbocycles. The zero-order valence-corrected chi connectivity index (χ0v) is 17.2. The molecule has 1 aliphatic rings. The predicted molar refractivity (Wildman–Crippen MR) is 102 cm³/mol. The molecule has 1 saturated heterocycles. The fourth-order valence-corrected chi connectivity index (χ4v) is 3.15. The Balaban J connectivity index is 2.79. The van der Waals surface area contributed by atoms with Gasteiger partial charge >= 0.3 is 6.18 Å². The van der Waals surface area contributed by atoms with Crippen molar-refractivity contribution in [3.8, 4) is 0 Å². The third kappa shape index (κ3) is 5.89. The van der Waals surface area contributed by atoms with Gasteiger partial charge < -0.3 is 10.1 Å². The number of hydrogen-bond donors (Lipinski definition) is 1. The highest BCUT2D eigenvalue weighted by atomic mass is 19.4. The second-order valence-electron chi connectivity index (χ2n) is 7.51. The number of carbonyl (C=O) groups excluding carboxylic acids is 1. The average Bonchev–Trinajstić information content (AvgIpc) is 3.14. The first-order chi connectivity index (χ1) is 14.1. The third-order valence-electron chi connectivity index (χ3n) is 4.47. The van der Waals surface area contributed by atoms with Crippen LogP contribution in [-0.2, 0) is 17.3 Å². The molecule has 1 aliphatic heterocycles. The number of rotatable bonds is 8. The van der Waals surface area contributed by atoms with Gasteiger partial charge in [-0.3, -0.25) is 4.79 Å². The molecule has 2 rings (SSSR count). The SMILES string of the molecule is CCCCNC(=O)c1c(C(F)F)nc(C(F)(F)F)c(/N=C2/CCCO2)c1CC(C)C. The maximum atomic E-state index is 13.7. The van der Waals surface area contributed by atoms with Crippen molar-refractivity contribution in [3.63, 3.8) is 0 Å². The fraction of sp³-hybridized carbons (Fsp3) is 0.650. The van der Waals surface area contributed by atoms with E-state index in [4.69, 9.17) is 4.74 Å². The number of aliphatic imine (C=N–C) groups is 1. The van der Waals surface area contributed by atoms with Crippen LogP contribution in [0.1, 0.15) is 80.2 Å². The Morgan fingerprint density at radius 2 is 2.00 bits per heavy atom. The molecule has 30 heavy (non-hydrogen) atoms. The van der Waals surface area contributed by atoms with E-state index in [9.17, 15) is 26.7 Å². The summed E-state index contributed by atoms with van der Waals surface area (Å²) < 4.78 is 73.9. The van der Waals surface area contributed by atoms with Gasteiger partial charge in [-0.05, 0) is 30.7 Å². The zero-order valence-electron chi connectivity index (χ0n) is 17.2. The summed E-state index contributed by atoms with van der Waals surface area (Å²) in [4.78, 5) is 20.0. The fourth-order valence-electron chi connectivity index (χ4n) is 3.15. The van der Waals surface area contributed by atoms with E-state index in [1.54, 1.807) is 13.8 Å². The number of aromatic nitrogens is 1. The number of pyridine rings is 1. The molecule has 1 aromatic heterocycles. The minimum absolute atomic E-state index is 0.0477. The summed E-state index contributed by atoms with van der Waals surface area (Å²) in [5, 5.41) is 2.51. The lowest BCUT2D eigenvalue weighted by molar-refractivity contribution is -0.140. The summed E-state index contributed by atoms with van der Waals surface area (Å²) in [5.41, 5.74) is -4.03. The molecule has 0 bridgehead atoms. The minimum Gasteiger partial charge on any atom is -0.481 e. The Morgan fingerprint density at radius 1 is 1.30 bits per heavy atom. The number of hydrogen-bond acceptors (Lipinski definition) is 4. The van der Waals surface area contributed by atoms with E-state index >= 15 is 0 Å². The van der Waals surface area contributed by atoms with Crippen LogP contribution in [0.25, 0.3) is 0 Å². The summed E-state index contributed by atoms with van der Waals surface area (Å²) in [5.74, 6) is -1.01. The van der Waals surface area contributed by atoms with Crippen LogP contribution in [0.4, 0.5) is 27.6 Å². The van der Waals surface area contributed by atoms with Gasteiger partial charge in [-0.15, -0.1) is 0 Å². The summed E-state index contributed by atoms with van der Waals surface area (Å²) in [6.45, 7) is 5.85. The Kier molecular flexibility index (Phi) is 8.14. The van der Waals surface area contributed by atoms with Crippen molar-refractivity contribution in [1.82, 2.24) is 10.3 Å². The highest BCUT2D eigenvalue weighted by Gasteiger charge is 2.41. The van der Waals surface area contributed by atoms with Crippen molar-refractivity contribution in [1.29, 1.82) is 0 Å². The molecular weight excluding hydrogens is 409 g/mol. The van der Waals surface area contributed by atoms with Gasteiger partial charge in [0.25, 0.3) is 12.3 Å². The van der Waals surface area contributed by atoms with E-state index in [2.05, 4.69) is 15.3 Å². The molecule has 1 aromatic rings. The highest BCUT2D eigenvalue weighted by Crippen LogP contribution is 2.42. The van der Waals surface area contributed by atoms with E-state index in [0.717, 1.165) is 6.42 Å². The second-order valence-corrected chi connectivity index (χ2v) is 7.51. The molecule has 0 radical (unpaired) electrons. The molecule has 0 atom stereocenters. The molecule has 2 heterocycles. The van der Waals surface area contributed by atoms with Crippen molar-refractivity contribution in [2.45, 2.75) is 65.5 Å². The minimum atomic E-state index is -5.02. The first kappa shape index (κ1) is 24.0. The first-order valence-corrected chi connectivity index (χ1v) is 9.96. The van der Waals surface area contributed by atoms with Gasteiger partial charge in [0.2, 0.25) is 0 Å². The third-order valence-corrected chi connectivity index (χ3v) is 4.47. The Morgan fingerprint density at radius 3 is 2.50 bits per heavy atom. The number of halogens is 5. The molecule has 0 unspecified atom stereocenters. The van der Waals surface area contributed by atoms with Crippen LogP contribution in [0.3, 0.4) is 0 Å². The molecule has 1 amide bonds. The van der Waals surface area contributed by atoms with Crippen LogP contribution in [-0.4, -0.2) is 29.9 Å². The highest BCUT2D eigenvalue weighted by molar-refractivity contribution is 5.98. The van der Waals surface area contributed by atoms with E-state index < -0.39 is 41.1 Å². The van der Waals surface area contributed by atoms with Crippen LogP contribution < -0.4 is 5.32 Å². The van der Waals surface area contributed by atoms with E-state index in [0.29, 0.717) is 25.9 Å². The van der Waals surface area contributed by atoms with Crippen LogP contribution in [0, 0.1) is 5.92 Å². The maximum absolute atomic E-state index is 13.7. The lowest BCUT2D eigenvalue weighted by Crippen LogP contribution is -2.29. The number of nitrogens with zero attached hydrogens (tertiary/aromatic N) is 2. The van der Waals surface area contributed by atoms with Gasteiger partial charge in [-0.25, -0.2) is 18.8 Å². The zero-order chi connectivity index (χ0) is 22.5. The number of unbranched alkanes of at least 4 members (excludes halogenated alkanes) is 1. The predicted octanol–water partition coefficient (Wildman–Crippen LogP) is 5.61. The summed E-state index contributed by atoms with van der Waals surface area (Å²) >= 11 is 0. The molecule has 1 fully saturated rings. The van der Waals surface area contributed by atoms with Crippen molar-refractivity contribution in [3.05, 3.63) is 22.5 Å². The Labute approximate surface area is 172 Å². The Hall–Kier alpha value is -2.26. The van der Waals surface area contributed by atoms with Gasteiger partial charge in [-0.2, -0.15) is 13.2 Å². The maximum Gasteiger partial charge on any atom is 0.435 e. The molecule has 168 valence electrons. The summed E-state index contributed by atoms with van der Waals surface area (Å²) in [7, 11) is 0. The number of amides is 1. The van der Waals surface area contributed by atoms with Crippen LogP contribution in [0.5, 0.6) is 0 Å². The molecule has 0 aromatic carbocycles. The Bertz CT molecular complexity index is 784. The van der Waals surface area contributed by atoms with Crippen LogP contribution in [0.15, 0.2) is 4.99 Å². The standard InChI is InChI=1S/C20H26F5N3O2/c1-4-5-8-26-19(29)14-12(10-11(2)3)15(27-13-7-6-9-30-13)17(20(23,24)25)28-16(14)18(21)22/h11,18H,4-10H2,1-3H3,(H,26,29)/b27-13-.